The molecule has 9 rings (SSSR count). The Labute approximate surface area is 252 Å². The number of aromatic nitrogens is 8. The van der Waals surface area contributed by atoms with Crippen LogP contribution in [0.15, 0.2) is 97.1 Å². The fourth-order valence-corrected chi connectivity index (χ4v) is 5.59. The van der Waals surface area contributed by atoms with Crippen molar-refractivity contribution in [3.05, 3.63) is 97.1 Å². The second kappa shape index (κ2) is 10.0. The number of nitrogens with one attached hydrogen (secondary N) is 2. The van der Waals surface area contributed by atoms with Gasteiger partial charge in [-0.05, 0) is 0 Å². The summed E-state index contributed by atoms with van der Waals surface area (Å²) in [7, 11) is 0.265. The molecule has 44 heavy (non-hydrogen) atoms. The number of H-pyrrole nitrogens is 2. The highest BCUT2D eigenvalue weighted by molar-refractivity contribution is 6.54. The molecule has 2 aliphatic rings. The highest BCUT2D eigenvalue weighted by Crippen LogP contribution is 2.36. The molecular formula is C33H22N8O2Si. The first kappa shape index (κ1) is 25.6. The van der Waals surface area contributed by atoms with Gasteiger partial charge in [0.25, 0.3) is 5.59 Å². The number of fused-ring (bicyclic) bond motifs is 20. The van der Waals surface area contributed by atoms with E-state index in [4.69, 9.17) is 39.8 Å². The van der Waals surface area contributed by atoms with E-state index in [1.54, 1.807) is 0 Å². The van der Waals surface area contributed by atoms with E-state index in [1.807, 2.05) is 97.1 Å². The van der Waals surface area contributed by atoms with Crippen molar-refractivity contribution in [1.29, 1.82) is 0 Å². The number of hydrogen-bond donors (Lipinski definition) is 3. The highest BCUT2D eigenvalue weighted by atomic mass is 28.1. The lowest BCUT2D eigenvalue weighted by atomic mass is 10.1. The lowest BCUT2D eigenvalue weighted by Crippen LogP contribution is -1.83. The van der Waals surface area contributed by atoms with E-state index in [0.717, 1.165) is 43.8 Å². The molecule has 0 spiro atoms. The summed E-state index contributed by atoms with van der Waals surface area (Å²) in [6.07, 6.45) is 0. The minimum absolute atomic E-state index is 0.265. The smallest absolute Gasteiger partial charge is 0.257 e. The van der Waals surface area contributed by atoms with Gasteiger partial charge < -0.3 is 15.1 Å². The van der Waals surface area contributed by atoms with Crippen LogP contribution < -0.4 is 0 Å². The Morgan fingerprint density at radius 1 is 0.455 bits per heavy atom. The van der Waals surface area contributed by atoms with E-state index in [0.29, 0.717) is 45.9 Å². The third kappa shape index (κ3) is 4.22. The summed E-state index contributed by atoms with van der Waals surface area (Å²) in [6.45, 7) is 0. The van der Waals surface area contributed by atoms with Gasteiger partial charge in [-0.3, -0.25) is 4.79 Å². The minimum atomic E-state index is -0.694. The van der Waals surface area contributed by atoms with Crippen molar-refractivity contribution in [3.63, 3.8) is 0 Å². The minimum Gasteiger partial charge on any atom is -0.486 e. The summed E-state index contributed by atoms with van der Waals surface area (Å²) in [5, 5.41) is 11.3. The van der Waals surface area contributed by atoms with Gasteiger partial charge in [-0.15, -0.1) is 0 Å². The molecule has 7 aromatic rings. The van der Waals surface area contributed by atoms with Crippen LogP contribution in [-0.4, -0.2) is 60.8 Å². The van der Waals surface area contributed by atoms with E-state index < -0.39 is 5.59 Å². The topological polar surface area (TPSA) is 146 Å². The van der Waals surface area contributed by atoms with Crippen LogP contribution in [0.1, 0.15) is 0 Å². The maximum absolute atomic E-state index is 9.06. The Hall–Kier alpha value is -6.07. The predicted octanol–water partition coefficient (Wildman–Crippen LogP) is 5.90. The molecule has 0 atom stereocenters. The second-order valence-corrected chi connectivity index (χ2v) is 11.2. The molecule has 210 valence electrons. The molecule has 11 heteroatoms. The zero-order valence-corrected chi connectivity index (χ0v) is 25.3. The summed E-state index contributed by atoms with van der Waals surface area (Å²) in [5.41, 5.74) is 5.75. The van der Waals surface area contributed by atoms with E-state index >= 15 is 0 Å². The first-order valence-electron chi connectivity index (χ1n) is 13.9. The maximum atomic E-state index is 9.06. The number of carboxylic acid groups (broad SMARTS) is 1. The number of aromatic amines is 2. The Morgan fingerprint density at radius 2 is 0.682 bits per heavy atom. The van der Waals surface area contributed by atoms with Crippen molar-refractivity contribution in [2.45, 2.75) is 0 Å². The van der Waals surface area contributed by atoms with Crippen molar-refractivity contribution in [3.8, 4) is 45.6 Å². The van der Waals surface area contributed by atoms with Gasteiger partial charge in [0, 0.05) is 43.8 Å². The summed E-state index contributed by atoms with van der Waals surface area (Å²) < 4.78 is 0. The summed E-state index contributed by atoms with van der Waals surface area (Å²) in [6, 6.07) is 32.2. The fraction of sp³-hybridized carbons (Fsp3) is 0. The van der Waals surface area contributed by atoms with E-state index in [2.05, 4.69) is 9.97 Å². The molecule has 0 unspecified atom stereocenters. The molecule has 0 amide bonds. The SMILES string of the molecule is O=C(O)[SiH3].c1ccc2c(c1)-c1nc-2nc2[nH]c(nc3nc(nc4[nH]c(n1)c1ccccc41)-c1ccccc1-3)c1ccccc21. The summed E-state index contributed by atoms with van der Waals surface area (Å²) >= 11 is 0. The number of carbonyl (C=O) groups is 1. The average Bonchev–Trinajstić information content (AvgIpc) is 3.76. The molecule has 0 fully saturated rings. The third-order valence-electron chi connectivity index (χ3n) is 7.46. The van der Waals surface area contributed by atoms with Crippen LogP contribution in [0.25, 0.3) is 89.7 Å². The third-order valence-corrected chi connectivity index (χ3v) is 7.46. The van der Waals surface area contributed by atoms with E-state index in [9.17, 15) is 0 Å². The number of nitrogens with zero attached hydrogens (tertiary/aromatic N) is 6. The Bertz CT molecular complexity index is 2140. The largest absolute Gasteiger partial charge is 0.486 e. The average molecular weight is 591 g/mol. The fourth-order valence-electron chi connectivity index (χ4n) is 5.59. The van der Waals surface area contributed by atoms with Gasteiger partial charge in [-0.25, -0.2) is 29.9 Å². The Kier molecular flexibility index (Phi) is 5.84. The normalized spacial score (nSPS) is 11.5. The number of hydrogen-bond acceptors (Lipinski definition) is 7. The predicted molar refractivity (Wildman–Crippen MR) is 174 cm³/mol. The summed E-state index contributed by atoms with van der Waals surface area (Å²) in [4.78, 5) is 45.8. The van der Waals surface area contributed by atoms with Crippen molar-refractivity contribution in [2.75, 3.05) is 0 Å². The van der Waals surface area contributed by atoms with Gasteiger partial charge in [-0.2, -0.15) is 0 Å². The van der Waals surface area contributed by atoms with E-state index in [-0.39, 0.29) is 10.2 Å². The monoisotopic (exact) mass is 590 g/mol. The molecule has 8 bridgehead atoms. The van der Waals surface area contributed by atoms with Crippen LogP contribution in [0, 0.1) is 0 Å². The molecular weight excluding hydrogens is 569 g/mol. The molecule has 0 saturated carbocycles. The molecule has 3 N–H and O–H groups in total. The molecule has 4 aromatic carbocycles. The van der Waals surface area contributed by atoms with Gasteiger partial charge in [0.2, 0.25) is 0 Å². The van der Waals surface area contributed by atoms with Gasteiger partial charge in [0.1, 0.15) is 32.8 Å². The van der Waals surface area contributed by atoms with Crippen LogP contribution in [0.5, 0.6) is 0 Å². The number of rotatable bonds is 0. The zero-order valence-electron chi connectivity index (χ0n) is 23.3. The van der Waals surface area contributed by atoms with Gasteiger partial charge in [-0.1, -0.05) is 97.1 Å². The quantitative estimate of drug-likeness (QED) is 0.185. The first-order valence-corrected chi connectivity index (χ1v) is 14.9. The van der Waals surface area contributed by atoms with Gasteiger partial charge in [0.05, 0.1) is 0 Å². The van der Waals surface area contributed by atoms with Crippen LogP contribution >= 0.6 is 0 Å². The van der Waals surface area contributed by atoms with Crippen LogP contribution in [0.3, 0.4) is 0 Å². The molecule has 0 radical (unpaired) electrons. The Morgan fingerprint density at radius 3 is 0.932 bits per heavy atom. The lowest BCUT2D eigenvalue weighted by Gasteiger charge is -1.96. The van der Waals surface area contributed by atoms with Gasteiger partial charge >= 0.3 is 0 Å². The first-order chi connectivity index (χ1) is 21.5. The summed E-state index contributed by atoms with van der Waals surface area (Å²) in [5.74, 6) is 2.39. The molecule has 10 nitrogen and oxygen atoms in total. The molecule has 0 aliphatic carbocycles. The van der Waals surface area contributed by atoms with Crippen LogP contribution in [-0.2, 0) is 0 Å². The van der Waals surface area contributed by atoms with Gasteiger partial charge in [0.15, 0.2) is 23.3 Å². The Balaban J connectivity index is 0.000000684. The van der Waals surface area contributed by atoms with Crippen molar-refractivity contribution < 1.29 is 9.90 Å². The number of benzene rings is 4. The van der Waals surface area contributed by atoms with Crippen LogP contribution in [0.2, 0.25) is 0 Å². The molecule has 3 aromatic heterocycles. The van der Waals surface area contributed by atoms with Crippen molar-refractivity contribution >= 4 is 60.0 Å². The van der Waals surface area contributed by atoms with Crippen LogP contribution in [0.4, 0.5) is 4.79 Å². The molecule has 2 aliphatic heterocycles. The zero-order chi connectivity index (χ0) is 29.8. The standard InChI is InChI=1S/C32H18N8.CH4O2Si/c1-2-10-18-17(9-1)25-33-26(18)38-28-21-13-5-6-14-22(21)30(35-28)40-32-24-16-8-7-15-23(24)31(36-32)39-29-20-12-4-3-11-19(20)27(34-29)37-25;2-1(3)4/h1-16H,(H2,33,34,35,36,37,38,39,40);4H3,(H,2,3). The van der Waals surface area contributed by atoms with Crippen molar-refractivity contribution in [1.82, 2.24) is 39.9 Å². The highest BCUT2D eigenvalue weighted by Gasteiger charge is 2.21. The van der Waals surface area contributed by atoms with E-state index in [1.165, 1.54) is 0 Å². The maximum Gasteiger partial charge on any atom is 0.257 e. The lowest BCUT2D eigenvalue weighted by molar-refractivity contribution is 0.220. The second-order valence-electron chi connectivity index (χ2n) is 10.3. The molecule has 0 saturated heterocycles. The van der Waals surface area contributed by atoms with Crippen molar-refractivity contribution in [2.24, 2.45) is 0 Å². The molecule has 5 heterocycles.